The summed E-state index contributed by atoms with van der Waals surface area (Å²) in [6.45, 7) is 1.64. The van der Waals surface area contributed by atoms with Crippen LogP contribution in [0.15, 0.2) is 35.7 Å². The quantitative estimate of drug-likeness (QED) is 0.793. The van der Waals surface area contributed by atoms with E-state index in [0.717, 1.165) is 17.4 Å². The van der Waals surface area contributed by atoms with Gasteiger partial charge in [0.2, 0.25) is 5.91 Å². The lowest BCUT2D eigenvalue weighted by Gasteiger charge is -2.13. The third kappa shape index (κ3) is 3.55. The van der Waals surface area contributed by atoms with Crippen molar-refractivity contribution in [3.63, 3.8) is 0 Å². The third-order valence-corrected chi connectivity index (χ3v) is 3.82. The fourth-order valence-electron chi connectivity index (χ4n) is 1.73. The van der Waals surface area contributed by atoms with Crippen LogP contribution in [-0.2, 0) is 4.79 Å². The van der Waals surface area contributed by atoms with Crippen molar-refractivity contribution in [3.8, 4) is 11.4 Å². The molecule has 9 heteroatoms. The SMILES string of the molecule is COc1ccccc1-n1cnnc1S[C@@H](C)C(=O)NC(N)=O. The highest BCUT2D eigenvalue weighted by Crippen LogP contribution is 2.28. The van der Waals surface area contributed by atoms with Crippen LogP contribution in [0.1, 0.15) is 6.92 Å². The first-order chi connectivity index (χ1) is 10.5. The molecule has 0 aliphatic carbocycles. The summed E-state index contributed by atoms with van der Waals surface area (Å²) in [6.07, 6.45) is 1.53. The number of aromatic nitrogens is 3. The van der Waals surface area contributed by atoms with Crippen LogP contribution in [0.5, 0.6) is 5.75 Å². The summed E-state index contributed by atoms with van der Waals surface area (Å²) >= 11 is 1.15. The highest BCUT2D eigenvalue weighted by atomic mass is 32.2. The summed E-state index contributed by atoms with van der Waals surface area (Å²) in [7, 11) is 1.57. The molecule has 1 aromatic heterocycles. The normalized spacial score (nSPS) is 11.7. The van der Waals surface area contributed by atoms with Crippen molar-refractivity contribution in [3.05, 3.63) is 30.6 Å². The topological polar surface area (TPSA) is 112 Å². The second-order valence-corrected chi connectivity index (χ2v) is 5.58. The molecule has 3 amide bonds. The number of hydrogen-bond donors (Lipinski definition) is 2. The molecule has 0 aliphatic rings. The summed E-state index contributed by atoms with van der Waals surface area (Å²) in [5.41, 5.74) is 5.68. The van der Waals surface area contributed by atoms with E-state index in [1.807, 2.05) is 29.6 Å². The maximum absolute atomic E-state index is 11.7. The lowest BCUT2D eigenvalue weighted by Crippen LogP contribution is -2.39. The Kier molecular flexibility index (Phi) is 4.99. The molecule has 0 saturated carbocycles. The number of imide groups is 1. The number of ether oxygens (including phenoxy) is 1. The molecule has 2 rings (SSSR count). The molecule has 0 aliphatic heterocycles. The molecule has 0 saturated heterocycles. The van der Waals surface area contributed by atoms with Crippen LogP contribution in [0.4, 0.5) is 4.79 Å². The van der Waals surface area contributed by atoms with Gasteiger partial charge in [-0.1, -0.05) is 23.9 Å². The Hall–Kier alpha value is -2.55. The van der Waals surface area contributed by atoms with Gasteiger partial charge in [0.05, 0.1) is 18.0 Å². The fourth-order valence-corrected chi connectivity index (χ4v) is 2.57. The first-order valence-electron chi connectivity index (χ1n) is 6.33. The average molecular weight is 321 g/mol. The number of amides is 3. The molecule has 8 nitrogen and oxygen atoms in total. The largest absolute Gasteiger partial charge is 0.495 e. The number of para-hydroxylation sites is 2. The number of methoxy groups -OCH3 is 1. The highest BCUT2D eigenvalue weighted by Gasteiger charge is 2.20. The van der Waals surface area contributed by atoms with Gasteiger partial charge in [-0.05, 0) is 19.1 Å². The molecular weight excluding hydrogens is 306 g/mol. The van der Waals surface area contributed by atoms with E-state index in [1.54, 1.807) is 18.6 Å². The fraction of sp³-hybridized carbons (Fsp3) is 0.231. The molecule has 1 heterocycles. The molecule has 0 unspecified atom stereocenters. The number of primary amides is 1. The van der Waals surface area contributed by atoms with Crippen molar-refractivity contribution in [2.45, 2.75) is 17.3 Å². The lowest BCUT2D eigenvalue weighted by atomic mass is 10.3. The van der Waals surface area contributed by atoms with Crippen molar-refractivity contribution >= 4 is 23.7 Å². The van der Waals surface area contributed by atoms with Crippen molar-refractivity contribution in [1.82, 2.24) is 20.1 Å². The van der Waals surface area contributed by atoms with E-state index >= 15 is 0 Å². The number of urea groups is 1. The zero-order valence-corrected chi connectivity index (χ0v) is 12.8. The first-order valence-corrected chi connectivity index (χ1v) is 7.21. The molecule has 0 radical (unpaired) electrons. The van der Waals surface area contributed by atoms with E-state index in [-0.39, 0.29) is 0 Å². The maximum Gasteiger partial charge on any atom is 0.318 e. The van der Waals surface area contributed by atoms with Crippen molar-refractivity contribution < 1.29 is 14.3 Å². The lowest BCUT2D eigenvalue weighted by molar-refractivity contribution is -0.119. The number of thioether (sulfide) groups is 1. The van der Waals surface area contributed by atoms with Crippen LogP contribution >= 0.6 is 11.8 Å². The van der Waals surface area contributed by atoms with Gasteiger partial charge in [0.15, 0.2) is 5.16 Å². The average Bonchev–Trinajstić information content (AvgIpc) is 2.94. The minimum absolute atomic E-state index is 0.493. The zero-order chi connectivity index (χ0) is 16.1. The number of hydrogen-bond acceptors (Lipinski definition) is 6. The summed E-state index contributed by atoms with van der Waals surface area (Å²) in [5.74, 6) is 0.158. The monoisotopic (exact) mass is 321 g/mol. The van der Waals surface area contributed by atoms with Gasteiger partial charge in [0.1, 0.15) is 12.1 Å². The van der Waals surface area contributed by atoms with E-state index in [1.165, 1.54) is 6.33 Å². The molecule has 116 valence electrons. The van der Waals surface area contributed by atoms with E-state index in [0.29, 0.717) is 10.9 Å². The summed E-state index contributed by atoms with van der Waals surface area (Å²) < 4.78 is 7.01. The van der Waals surface area contributed by atoms with Gasteiger partial charge in [-0.25, -0.2) is 4.79 Å². The number of benzene rings is 1. The predicted molar refractivity (Wildman–Crippen MR) is 81.0 cm³/mol. The first kappa shape index (κ1) is 15.8. The standard InChI is InChI=1S/C13H15N5O3S/c1-8(11(19)16-12(14)20)22-13-17-15-7-18(13)9-5-3-4-6-10(9)21-2/h3-8H,1-2H3,(H3,14,16,19,20)/t8-/m0/s1. The molecule has 3 N–H and O–H groups in total. The highest BCUT2D eigenvalue weighted by molar-refractivity contribution is 8.00. The van der Waals surface area contributed by atoms with Gasteiger partial charge in [0, 0.05) is 0 Å². The second kappa shape index (κ2) is 6.94. The number of rotatable bonds is 5. The Morgan fingerprint density at radius 3 is 2.82 bits per heavy atom. The summed E-state index contributed by atoms with van der Waals surface area (Å²) in [5, 5.41) is 9.82. The van der Waals surface area contributed by atoms with Crippen LogP contribution in [0.25, 0.3) is 5.69 Å². The van der Waals surface area contributed by atoms with Crippen LogP contribution in [-0.4, -0.2) is 39.1 Å². The smallest absolute Gasteiger partial charge is 0.318 e. The Morgan fingerprint density at radius 2 is 2.14 bits per heavy atom. The molecule has 1 aromatic carbocycles. The summed E-state index contributed by atoms with van der Waals surface area (Å²) in [4.78, 5) is 22.5. The second-order valence-electron chi connectivity index (χ2n) is 4.27. The van der Waals surface area contributed by atoms with E-state index in [9.17, 15) is 9.59 Å². The van der Waals surface area contributed by atoms with Gasteiger partial charge in [-0.2, -0.15) is 0 Å². The minimum atomic E-state index is -0.886. The Morgan fingerprint density at radius 1 is 1.41 bits per heavy atom. The van der Waals surface area contributed by atoms with Gasteiger partial charge >= 0.3 is 6.03 Å². The minimum Gasteiger partial charge on any atom is -0.495 e. The van der Waals surface area contributed by atoms with Crippen LogP contribution in [0.2, 0.25) is 0 Å². The molecule has 0 spiro atoms. The van der Waals surface area contributed by atoms with E-state index in [2.05, 4.69) is 10.2 Å². The van der Waals surface area contributed by atoms with Crippen molar-refractivity contribution in [2.24, 2.45) is 5.73 Å². The zero-order valence-electron chi connectivity index (χ0n) is 12.0. The number of nitrogens with two attached hydrogens (primary N) is 1. The molecule has 0 bridgehead atoms. The van der Waals surface area contributed by atoms with Gasteiger partial charge in [-0.3, -0.25) is 14.7 Å². The molecular formula is C13H15N5O3S. The van der Waals surface area contributed by atoms with Crippen LogP contribution in [0.3, 0.4) is 0 Å². The van der Waals surface area contributed by atoms with Gasteiger partial charge in [-0.15, -0.1) is 10.2 Å². The van der Waals surface area contributed by atoms with E-state index < -0.39 is 17.2 Å². The molecule has 2 aromatic rings. The van der Waals surface area contributed by atoms with Gasteiger partial charge < -0.3 is 10.5 Å². The molecule has 0 fully saturated rings. The van der Waals surface area contributed by atoms with Gasteiger partial charge in [0.25, 0.3) is 0 Å². The van der Waals surface area contributed by atoms with Crippen LogP contribution in [0, 0.1) is 0 Å². The Balaban J connectivity index is 2.23. The molecule has 1 atom stereocenters. The van der Waals surface area contributed by atoms with Crippen LogP contribution < -0.4 is 15.8 Å². The number of nitrogens with one attached hydrogen (secondary N) is 1. The number of carbonyl (C=O) groups excluding carboxylic acids is 2. The maximum atomic E-state index is 11.7. The summed E-state index contributed by atoms with van der Waals surface area (Å²) in [6, 6.07) is 6.48. The van der Waals surface area contributed by atoms with E-state index in [4.69, 9.17) is 10.5 Å². The predicted octanol–water partition coefficient (Wildman–Crippen LogP) is 0.951. The number of nitrogens with zero attached hydrogens (tertiary/aromatic N) is 3. The number of carbonyl (C=O) groups is 2. The van der Waals surface area contributed by atoms with Crippen molar-refractivity contribution in [1.29, 1.82) is 0 Å². The molecule has 22 heavy (non-hydrogen) atoms. The third-order valence-electron chi connectivity index (χ3n) is 2.76. The Labute approximate surface area is 131 Å². The van der Waals surface area contributed by atoms with Crippen molar-refractivity contribution in [2.75, 3.05) is 7.11 Å². The Bertz CT molecular complexity index is 688.